The number of amides is 1. The minimum atomic E-state index is 0.125. The van der Waals surface area contributed by atoms with E-state index in [0.29, 0.717) is 11.8 Å². The van der Waals surface area contributed by atoms with E-state index in [0.717, 1.165) is 69.5 Å². The van der Waals surface area contributed by atoms with Gasteiger partial charge in [0.15, 0.2) is 0 Å². The Morgan fingerprint density at radius 3 is 2.14 bits per heavy atom. The van der Waals surface area contributed by atoms with E-state index in [9.17, 15) is 4.79 Å². The highest BCUT2D eigenvalue weighted by Crippen LogP contribution is 2.23. The second kappa shape index (κ2) is 9.68. The average molecular weight is 388 g/mol. The van der Waals surface area contributed by atoms with E-state index in [2.05, 4.69) is 38.5 Å². The second-order valence-electron chi connectivity index (χ2n) is 8.99. The van der Waals surface area contributed by atoms with Crippen LogP contribution in [-0.2, 0) is 4.79 Å². The van der Waals surface area contributed by atoms with Gasteiger partial charge in [-0.1, -0.05) is 27.7 Å². The van der Waals surface area contributed by atoms with E-state index in [1.165, 1.54) is 13.0 Å². The number of hydrogen-bond donors (Lipinski definition) is 0. The fourth-order valence-corrected chi connectivity index (χ4v) is 4.19. The van der Waals surface area contributed by atoms with Crippen LogP contribution in [0.3, 0.4) is 0 Å². The molecule has 0 N–H and O–H groups in total. The van der Waals surface area contributed by atoms with Crippen LogP contribution >= 0.6 is 0 Å². The number of anilines is 1. The van der Waals surface area contributed by atoms with Gasteiger partial charge in [-0.25, -0.2) is 9.97 Å². The van der Waals surface area contributed by atoms with E-state index >= 15 is 0 Å². The maximum atomic E-state index is 12.1. The Hall–Kier alpha value is -1.69. The highest BCUT2D eigenvalue weighted by Gasteiger charge is 2.25. The number of aromatic nitrogens is 2. The van der Waals surface area contributed by atoms with Gasteiger partial charge in [0.05, 0.1) is 18.1 Å². The van der Waals surface area contributed by atoms with Gasteiger partial charge in [-0.15, -0.1) is 0 Å². The lowest BCUT2D eigenvalue weighted by Crippen LogP contribution is -2.47. The largest absolute Gasteiger partial charge is 0.366 e. The lowest BCUT2D eigenvalue weighted by Gasteiger charge is -2.37. The van der Waals surface area contributed by atoms with Crippen LogP contribution < -0.4 is 4.90 Å². The predicted octanol–water partition coefficient (Wildman–Crippen LogP) is 3.01. The third-order valence-electron chi connectivity index (χ3n) is 6.19. The van der Waals surface area contributed by atoms with Crippen LogP contribution in [0, 0.1) is 11.8 Å². The van der Waals surface area contributed by atoms with E-state index in [1.54, 1.807) is 0 Å². The molecule has 0 atom stereocenters. The van der Waals surface area contributed by atoms with Gasteiger partial charge < -0.3 is 9.80 Å². The van der Waals surface area contributed by atoms with Crippen molar-refractivity contribution in [2.24, 2.45) is 11.8 Å². The summed E-state index contributed by atoms with van der Waals surface area (Å²) in [6.45, 7) is 15.6. The van der Waals surface area contributed by atoms with Crippen LogP contribution in [0.15, 0.2) is 12.4 Å². The molecule has 3 rings (SSSR count). The second-order valence-corrected chi connectivity index (χ2v) is 8.99. The van der Waals surface area contributed by atoms with Crippen LogP contribution in [0.4, 0.5) is 5.69 Å². The van der Waals surface area contributed by atoms with Gasteiger partial charge >= 0.3 is 0 Å². The molecule has 0 unspecified atom stereocenters. The first kappa shape index (κ1) is 21.0. The Morgan fingerprint density at radius 1 is 1.00 bits per heavy atom. The van der Waals surface area contributed by atoms with E-state index in [4.69, 9.17) is 0 Å². The number of nitrogens with zero attached hydrogens (tertiary/aromatic N) is 5. The Balaban J connectivity index is 1.36. The van der Waals surface area contributed by atoms with Crippen molar-refractivity contribution in [3.63, 3.8) is 0 Å². The summed E-state index contributed by atoms with van der Waals surface area (Å²) >= 11 is 0. The molecule has 0 spiro atoms. The number of piperazine rings is 1. The lowest BCUT2D eigenvalue weighted by molar-refractivity contribution is -0.135. The molecular formula is C22H37N5O. The standard InChI is InChI=1S/C22H37N5O/c1-17(2)21-23-15-20(16-24-21)26-13-11-25(12-14-26)8-5-19-6-9-27(10-7-19)22(28)18(3)4/h15-19H,5-14H2,1-4H3. The number of carbonyl (C=O) groups excluding carboxylic acids is 1. The first-order valence-electron chi connectivity index (χ1n) is 11.0. The fraction of sp³-hybridized carbons (Fsp3) is 0.773. The Kier molecular flexibility index (Phi) is 7.27. The first-order chi connectivity index (χ1) is 13.4. The van der Waals surface area contributed by atoms with Crippen LogP contribution in [0.2, 0.25) is 0 Å². The van der Waals surface area contributed by atoms with Gasteiger partial charge in [0.2, 0.25) is 5.91 Å². The molecular weight excluding hydrogens is 350 g/mol. The van der Waals surface area contributed by atoms with Crippen molar-refractivity contribution in [3.05, 3.63) is 18.2 Å². The number of carbonyl (C=O) groups is 1. The summed E-state index contributed by atoms with van der Waals surface area (Å²) in [4.78, 5) is 28.2. The third-order valence-corrected chi connectivity index (χ3v) is 6.19. The van der Waals surface area contributed by atoms with Crippen molar-refractivity contribution in [1.82, 2.24) is 19.8 Å². The summed E-state index contributed by atoms with van der Waals surface area (Å²) in [6.07, 6.45) is 7.54. The summed E-state index contributed by atoms with van der Waals surface area (Å²) in [5, 5.41) is 0. The minimum absolute atomic E-state index is 0.125. The molecule has 2 aliphatic rings. The van der Waals surface area contributed by atoms with Gasteiger partial charge in [-0.2, -0.15) is 0 Å². The van der Waals surface area contributed by atoms with Gasteiger partial charge in [0, 0.05) is 51.1 Å². The molecule has 156 valence electrons. The normalized spacial score (nSPS) is 19.6. The molecule has 1 aromatic rings. The summed E-state index contributed by atoms with van der Waals surface area (Å²) in [5.41, 5.74) is 1.14. The lowest BCUT2D eigenvalue weighted by atomic mass is 9.92. The van der Waals surface area contributed by atoms with Gasteiger partial charge in [0.1, 0.15) is 5.82 Å². The van der Waals surface area contributed by atoms with Crippen molar-refractivity contribution < 1.29 is 4.79 Å². The van der Waals surface area contributed by atoms with Crippen molar-refractivity contribution in [3.8, 4) is 0 Å². The number of rotatable bonds is 6. The molecule has 1 amide bonds. The number of hydrogen-bond acceptors (Lipinski definition) is 5. The zero-order chi connectivity index (χ0) is 20.1. The third kappa shape index (κ3) is 5.43. The SMILES string of the molecule is CC(C)C(=O)N1CCC(CCN2CCN(c3cnc(C(C)C)nc3)CC2)CC1. The summed E-state index contributed by atoms with van der Waals surface area (Å²) in [6, 6.07) is 0. The molecule has 1 aromatic heterocycles. The molecule has 0 aliphatic carbocycles. The smallest absolute Gasteiger partial charge is 0.225 e. The van der Waals surface area contributed by atoms with Crippen molar-refractivity contribution in [2.45, 2.75) is 52.9 Å². The molecule has 2 fully saturated rings. The molecule has 0 radical (unpaired) electrons. The van der Waals surface area contributed by atoms with Crippen LogP contribution in [-0.4, -0.2) is 71.5 Å². The molecule has 0 bridgehead atoms. The van der Waals surface area contributed by atoms with Crippen molar-refractivity contribution >= 4 is 11.6 Å². The van der Waals surface area contributed by atoms with E-state index in [-0.39, 0.29) is 5.92 Å². The molecule has 28 heavy (non-hydrogen) atoms. The van der Waals surface area contributed by atoms with E-state index in [1.807, 2.05) is 26.2 Å². The highest BCUT2D eigenvalue weighted by molar-refractivity contribution is 5.78. The summed E-state index contributed by atoms with van der Waals surface area (Å²) in [5.74, 6) is 2.51. The van der Waals surface area contributed by atoms with Gasteiger partial charge in [-0.3, -0.25) is 9.69 Å². The maximum Gasteiger partial charge on any atom is 0.225 e. The average Bonchev–Trinajstić information content (AvgIpc) is 2.72. The monoisotopic (exact) mass is 387 g/mol. The van der Waals surface area contributed by atoms with Crippen LogP contribution in [0.1, 0.15) is 58.7 Å². The molecule has 0 aromatic carbocycles. The fourth-order valence-electron chi connectivity index (χ4n) is 4.19. The Labute approximate surface area is 170 Å². The maximum absolute atomic E-state index is 12.1. The van der Waals surface area contributed by atoms with Crippen molar-refractivity contribution in [2.75, 3.05) is 50.7 Å². The zero-order valence-corrected chi connectivity index (χ0v) is 18.1. The van der Waals surface area contributed by atoms with E-state index < -0.39 is 0 Å². The highest BCUT2D eigenvalue weighted by atomic mass is 16.2. The predicted molar refractivity (Wildman–Crippen MR) is 114 cm³/mol. The van der Waals surface area contributed by atoms with Crippen LogP contribution in [0.5, 0.6) is 0 Å². The molecule has 2 aliphatic heterocycles. The first-order valence-corrected chi connectivity index (χ1v) is 11.0. The minimum Gasteiger partial charge on any atom is -0.366 e. The number of piperidine rings is 1. The molecule has 2 saturated heterocycles. The number of likely N-dealkylation sites (tertiary alicyclic amines) is 1. The topological polar surface area (TPSA) is 52.6 Å². The van der Waals surface area contributed by atoms with Crippen LogP contribution in [0.25, 0.3) is 0 Å². The van der Waals surface area contributed by atoms with Gasteiger partial charge in [-0.05, 0) is 31.7 Å². The zero-order valence-electron chi connectivity index (χ0n) is 18.1. The van der Waals surface area contributed by atoms with Crippen molar-refractivity contribution in [1.29, 1.82) is 0 Å². The molecule has 6 heteroatoms. The quantitative estimate of drug-likeness (QED) is 0.751. The molecule has 0 saturated carbocycles. The molecule has 3 heterocycles. The summed E-state index contributed by atoms with van der Waals surface area (Å²) < 4.78 is 0. The molecule has 6 nitrogen and oxygen atoms in total. The van der Waals surface area contributed by atoms with Gasteiger partial charge in [0.25, 0.3) is 0 Å². The summed E-state index contributed by atoms with van der Waals surface area (Å²) in [7, 11) is 0. The Morgan fingerprint density at radius 2 is 1.61 bits per heavy atom. The Bertz CT molecular complexity index is 614.